The quantitative estimate of drug-likeness (QED) is 0.0890. The van der Waals surface area contributed by atoms with E-state index in [1.165, 1.54) is 34.1 Å². The normalized spacial score (nSPS) is 13.7. The van der Waals surface area contributed by atoms with Crippen molar-refractivity contribution in [2.45, 2.75) is 18.7 Å². The summed E-state index contributed by atoms with van der Waals surface area (Å²) in [4.78, 5) is 30.3. The van der Waals surface area contributed by atoms with Crippen LogP contribution in [0.2, 0.25) is 0 Å². The van der Waals surface area contributed by atoms with E-state index in [-0.39, 0.29) is 38.2 Å². The number of hydrogen-bond donors (Lipinski definition) is 0. The van der Waals surface area contributed by atoms with Crippen LogP contribution in [0.15, 0.2) is 112 Å². The number of aryl methyl sites for hydroxylation is 1. The maximum Gasteiger partial charge on any atom is 0.339 e. The van der Waals surface area contributed by atoms with Gasteiger partial charge in [-0.05, 0) is 102 Å². The molecule has 0 bridgehead atoms. The SMILES string of the molecule is CCOc1cc(C=C2C(=O)N(c3ccccc3)C(=S)N(c3ccccc3)C2=O)cc(Br)c1OS(=O)(=O)c1ccc(C)cc1. The Morgan fingerprint density at radius 2 is 1.37 bits per heavy atom. The molecule has 1 aliphatic rings. The molecule has 2 amide bonds. The fraction of sp³-hybridized carbons (Fsp3) is 0.0938. The molecule has 1 heterocycles. The van der Waals surface area contributed by atoms with Crippen molar-refractivity contribution in [2.24, 2.45) is 0 Å². The maximum atomic E-state index is 13.8. The van der Waals surface area contributed by atoms with Gasteiger partial charge in [0.05, 0.1) is 22.5 Å². The Morgan fingerprint density at radius 1 is 0.837 bits per heavy atom. The Kier molecular flexibility index (Phi) is 8.77. The summed E-state index contributed by atoms with van der Waals surface area (Å²) in [5, 5.41) is 0.0193. The molecule has 5 rings (SSSR count). The minimum absolute atomic E-state index is 0.0185. The molecule has 8 nitrogen and oxygen atoms in total. The van der Waals surface area contributed by atoms with Crippen molar-refractivity contribution in [3.63, 3.8) is 0 Å². The number of carbonyl (C=O) groups excluding carboxylic acids is 2. The molecule has 43 heavy (non-hydrogen) atoms. The lowest BCUT2D eigenvalue weighted by Gasteiger charge is -2.36. The minimum Gasteiger partial charge on any atom is -0.490 e. The molecule has 4 aromatic rings. The van der Waals surface area contributed by atoms with E-state index in [0.29, 0.717) is 16.9 Å². The Labute approximate surface area is 263 Å². The second-order valence-corrected chi connectivity index (χ2v) is 12.2. The maximum absolute atomic E-state index is 13.8. The third-order valence-corrected chi connectivity index (χ3v) is 8.61. The number of hydrogen-bond acceptors (Lipinski definition) is 7. The molecule has 4 aromatic carbocycles. The lowest BCUT2D eigenvalue weighted by molar-refractivity contribution is -0.120. The highest BCUT2D eigenvalue weighted by molar-refractivity contribution is 9.10. The number of ether oxygens (including phenoxy) is 1. The standard InChI is InChI=1S/C32H25BrN2O6S2/c1-3-40-28-20-22(19-27(33)29(28)41-43(38,39)25-16-14-21(2)15-17-25)18-26-30(36)34(23-10-6-4-7-11-23)32(42)35(31(26)37)24-12-8-5-9-13-24/h4-20H,3H2,1-2H3. The number of nitrogens with zero attached hydrogens (tertiary/aromatic N) is 2. The molecular weight excluding hydrogens is 652 g/mol. The average molecular weight is 678 g/mol. The van der Waals surface area contributed by atoms with Crippen molar-refractivity contribution in [2.75, 3.05) is 16.4 Å². The molecule has 0 spiro atoms. The second kappa shape index (κ2) is 12.5. The summed E-state index contributed by atoms with van der Waals surface area (Å²) in [6.07, 6.45) is 1.42. The average Bonchev–Trinajstić information content (AvgIpc) is 2.98. The van der Waals surface area contributed by atoms with E-state index in [0.717, 1.165) is 5.56 Å². The molecule has 1 saturated heterocycles. The van der Waals surface area contributed by atoms with Gasteiger partial charge in [-0.25, -0.2) is 0 Å². The number of amides is 2. The molecule has 0 N–H and O–H groups in total. The summed E-state index contributed by atoms with van der Waals surface area (Å²) in [6, 6.07) is 26.9. The summed E-state index contributed by atoms with van der Waals surface area (Å²) in [7, 11) is -4.19. The predicted molar refractivity (Wildman–Crippen MR) is 173 cm³/mol. The number of anilines is 2. The first-order valence-electron chi connectivity index (χ1n) is 13.1. The van der Waals surface area contributed by atoms with Crippen LogP contribution in [0.1, 0.15) is 18.1 Å². The predicted octanol–water partition coefficient (Wildman–Crippen LogP) is 6.67. The van der Waals surface area contributed by atoms with E-state index in [4.69, 9.17) is 21.1 Å². The summed E-state index contributed by atoms with van der Waals surface area (Å²) >= 11 is 9.05. The Bertz CT molecular complexity index is 1780. The van der Waals surface area contributed by atoms with Gasteiger partial charge in [-0.2, -0.15) is 8.42 Å². The van der Waals surface area contributed by atoms with Gasteiger partial charge in [-0.1, -0.05) is 54.1 Å². The summed E-state index contributed by atoms with van der Waals surface area (Å²) in [6.45, 7) is 3.78. The van der Waals surface area contributed by atoms with Crippen LogP contribution in [-0.2, 0) is 19.7 Å². The van der Waals surface area contributed by atoms with Gasteiger partial charge in [0, 0.05) is 0 Å². The summed E-state index contributed by atoms with van der Waals surface area (Å²) < 4.78 is 37.6. The van der Waals surface area contributed by atoms with E-state index >= 15 is 0 Å². The van der Waals surface area contributed by atoms with Gasteiger partial charge in [-0.3, -0.25) is 19.4 Å². The van der Waals surface area contributed by atoms with Crippen molar-refractivity contribution in [1.82, 2.24) is 0 Å². The number of carbonyl (C=O) groups is 2. The fourth-order valence-electron chi connectivity index (χ4n) is 4.38. The van der Waals surface area contributed by atoms with Gasteiger partial charge in [0.25, 0.3) is 11.8 Å². The van der Waals surface area contributed by atoms with E-state index < -0.39 is 21.9 Å². The van der Waals surface area contributed by atoms with Gasteiger partial charge < -0.3 is 8.92 Å². The number of benzene rings is 4. The molecule has 0 unspecified atom stereocenters. The van der Waals surface area contributed by atoms with Gasteiger partial charge in [-0.15, -0.1) is 0 Å². The van der Waals surface area contributed by atoms with Gasteiger partial charge >= 0.3 is 10.1 Å². The molecule has 11 heteroatoms. The first-order chi connectivity index (χ1) is 20.6. The highest BCUT2D eigenvalue weighted by Crippen LogP contribution is 2.40. The number of para-hydroxylation sites is 2. The Morgan fingerprint density at radius 3 is 1.88 bits per heavy atom. The minimum atomic E-state index is -4.19. The van der Waals surface area contributed by atoms with Crippen LogP contribution in [0, 0.1) is 6.92 Å². The highest BCUT2D eigenvalue weighted by atomic mass is 79.9. The van der Waals surface area contributed by atoms with Crippen LogP contribution >= 0.6 is 28.1 Å². The molecule has 0 aromatic heterocycles. The van der Waals surface area contributed by atoms with Crippen LogP contribution in [0.25, 0.3) is 6.08 Å². The van der Waals surface area contributed by atoms with E-state index in [1.807, 2.05) is 19.1 Å². The van der Waals surface area contributed by atoms with Gasteiger partial charge in [0.2, 0.25) is 0 Å². The highest BCUT2D eigenvalue weighted by Gasteiger charge is 2.41. The molecule has 1 aliphatic heterocycles. The van der Waals surface area contributed by atoms with Gasteiger partial charge in [0.1, 0.15) is 10.5 Å². The molecule has 0 radical (unpaired) electrons. The topological polar surface area (TPSA) is 93.2 Å². The van der Waals surface area contributed by atoms with Crippen LogP contribution in [0.3, 0.4) is 0 Å². The summed E-state index contributed by atoms with van der Waals surface area (Å²) in [5.74, 6) is -1.18. The lowest BCUT2D eigenvalue weighted by Crippen LogP contribution is -2.56. The number of halogens is 1. The Balaban J connectivity index is 1.59. The van der Waals surface area contributed by atoms with Crippen LogP contribution < -0.4 is 18.7 Å². The van der Waals surface area contributed by atoms with Crippen molar-refractivity contribution in [1.29, 1.82) is 0 Å². The zero-order valence-electron chi connectivity index (χ0n) is 23.1. The van der Waals surface area contributed by atoms with Crippen molar-refractivity contribution in [3.8, 4) is 11.5 Å². The second-order valence-electron chi connectivity index (χ2n) is 9.41. The first-order valence-corrected chi connectivity index (χ1v) is 15.7. The number of rotatable bonds is 8. The van der Waals surface area contributed by atoms with Crippen molar-refractivity contribution in [3.05, 3.63) is 118 Å². The first kappa shape index (κ1) is 30.1. The zero-order valence-corrected chi connectivity index (χ0v) is 26.3. The van der Waals surface area contributed by atoms with Gasteiger partial charge in [0.15, 0.2) is 16.6 Å². The van der Waals surface area contributed by atoms with Crippen LogP contribution in [-0.4, -0.2) is 32.0 Å². The van der Waals surface area contributed by atoms with E-state index in [1.54, 1.807) is 73.7 Å². The van der Waals surface area contributed by atoms with Crippen LogP contribution in [0.5, 0.6) is 11.5 Å². The largest absolute Gasteiger partial charge is 0.490 e. The third-order valence-electron chi connectivity index (χ3n) is 6.42. The molecule has 1 fully saturated rings. The van der Waals surface area contributed by atoms with E-state index in [2.05, 4.69) is 15.9 Å². The molecule has 0 saturated carbocycles. The molecule has 218 valence electrons. The monoisotopic (exact) mass is 676 g/mol. The third kappa shape index (κ3) is 6.24. The Hall–Kier alpha value is -4.32. The fourth-order valence-corrected chi connectivity index (χ4v) is 6.37. The smallest absolute Gasteiger partial charge is 0.339 e. The number of thiocarbonyl (C=S) groups is 1. The zero-order chi connectivity index (χ0) is 30.7. The summed E-state index contributed by atoms with van der Waals surface area (Å²) in [5.41, 5.74) is 2.13. The van der Waals surface area contributed by atoms with E-state index in [9.17, 15) is 18.0 Å². The van der Waals surface area contributed by atoms with Crippen LogP contribution in [0.4, 0.5) is 11.4 Å². The molecule has 0 aliphatic carbocycles. The molecule has 0 atom stereocenters. The lowest BCUT2D eigenvalue weighted by atomic mass is 10.0. The van der Waals surface area contributed by atoms with Crippen molar-refractivity contribution >= 4 is 72.6 Å². The molecular formula is C32H25BrN2O6S2. The van der Waals surface area contributed by atoms with Crippen molar-refractivity contribution < 1.29 is 26.9 Å².